The van der Waals surface area contributed by atoms with E-state index in [2.05, 4.69) is 36.8 Å². The van der Waals surface area contributed by atoms with E-state index in [-0.39, 0.29) is 6.42 Å². The molecular weight excluding hydrogens is 720 g/mol. The summed E-state index contributed by atoms with van der Waals surface area (Å²) >= 11 is 40.5. The van der Waals surface area contributed by atoms with E-state index in [4.69, 9.17) is 81.2 Å². The van der Waals surface area contributed by atoms with E-state index >= 15 is 0 Å². The number of hydrogen-bond donors (Lipinski definition) is 0. The predicted octanol–water partition coefficient (Wildman–Crippen LogP) is 11.5. The minimum absolute atomic E-state index is 0.0798. The van der Waals surface area contributed by atoms with Gasteiger partial charge in [-0.05, 0) is 79.7 Å². The highest BCUT2D eigenvalue weighted by Gasteiger charge is 2.66. The van der Waals surface area contributed by atoms with Gasteiger partial charge in [-0.2, -0.15) is 17.6 Å². The first kappa shape index (κ1) is 43.1. The first-order chi connectivity index (χ1) is 18.8. The van der Waals surface area contributed by atoms with Crippen molar-refractivity contribution < 1.29 is 31.9 Å². The van der Waals surface area contributed by atoms with Crippen LogP contribution in [0.15, 0.2) is 48.6 Å². The fraction of sp³-hybridized carbons (Fsp3) is 0.577. The van der Waals surface area contributed by atoms with Gasteiger partial charge in [-0.15, -0.1) is 0 Å². The summed E-state index contributed by atoms with van der Waals surface area (Å²) in [5, 5.41) is -5.30. The van der Waals surface area contributed by atoms with Crippen LogP contribution in [0, 0.1) is 5.92 Å². The molecule has 0 heterocycles. The molecule has 41 heavy (non-hydrogen) atoms. The Kier molecular flexibility index (Phi) is 22.8. The Morgan fingerprint density at radius 2 is 1.07 bits per heavy atom. The van der Waals surface area contributed by atoms with Crippen molar-refractivity contribution in [2.75, 3.05) is 0 Å². The van der Waals surface area contributed by atoms with Crippen molar-refractivity contribution in [1.82, 2.24) is 0 Å². The Labute approximate surface area is 278 Å². The third-order valence-corrected chi connectivity index (χ3v) is 8.38. The zero-order valence-corrected chi connectivity index (χ0v) is 27.9. The number of carbonyl (C=O) groups is 3. The van der Waals surface area contributed by atoms with Crippen LogP contribution in [0.25, 0.3) is 0 Å². The molecule has 0 radical (unpaired) electrons. The quantitative estimate of drug-likeness (QED) is 0.0461. The van der Waals surface area contributed by atoms with Gasteiger partial charge in [0.1, 0.15) is 5.92 Å². The molecule has 0 aromatic heterocycles. The Bertz CT molecular complexity index is 930. The molecule has 0 aromatic rings. The Morgan fingerprint density at radius 1 is 0.659 bits per heavy atom. The van der Waals surface area contributed by atoms with E-state index in [1.54, 1.807) is 6.08 Å². The fourth-order valence-electron chi connectivity index (χ4n) is 2.72. The van der Waals surface area contributed by atoms with Crippen molar-refractivity contribution >= 4 is 109 Å². The van der Waals surface area contributed by atoms with Crippen LogP contribution in [0.5, 0.6) is 0 Å². The molecule has 1 unspecified atom stereocenters. The predicted molar refractivity (Wildman–Crippen MR) is 164 cm³/mol. The summed E-state index contributed by atoms with van der Waals surface area (Å²) in [5.41, 5.74) is 0. The lowest BCUT2D eigenvalue weighted by atomic mass is 9.92. The summed E-state index contributed by atoms with van der Waals surface area (Å²) in [7, 11) is 0. The second kappa shape index (κ2) is 21.7. The van der Waals surface area contributed by atoms with E-state index in [9.17, 15) is 31.9 Å². The first-order valence-electron chi connectivity index (χ1n) is 12.2. The van der Waals surface area contributed by atoms with Gasteiger partial charge in [0.15, 0.2) is 0 Å². The molecule has 0 fully saturated rings. The molecule has 0 bridgehead atoms. The maximum atomic E-state index is 13.9. The number of alkyl halides is 9. The lowest BCUT2D eigenvalue weighted by Crippen LogP contribution is -2.51. The summed E-state index contributed by atoms with van der Waals surface area (Å²) in [5.74, 6) is -12.7. The monoisotopic (exact) mass is 746 g/mol. The molecule has 1 atom stereocenters. The molecule has 0 aromatic carbocycles. The van der Waals surface area contributed by atoms with Crippen LogP contribution in [0.2, 0.25) is 0 Å². The molecule has 0 rings (SSSR count). The van der Waals surface area contributed by atoms with Crippen LogP contribution >= 0.6 is 92.8 Å². The second-order valence-electron chi connectivity index (χ2n) is 8.34. The van der Waals surface area contributed by atoms with Crippen LogP contribution in [-0.4, -0.2) is 35.7 Å². The van der Waals surface area contributed by atoms with E-state index in [1.165, 1.54) is 25.3 Å². The van der Waals surface area contributed by atoms with Gasteiger partial charge in [-0.1, -0.05) is 126 Å². The van der Waals surface area contributed by atoms with E-state index in [1.807, 2.05) is 18.2 Å². The highest BCUT2D eigenvalue weighted by atomic mass is 35.6. The standard InChI is InChI=1S/C23H30Cl2F4O2.C3Cl6O/c1-2-3-4-5-6-7-8-9-10-11-12-13-14-15-16-17-18-19(20(24)30)22(26,27)23(28,29)21(25)31;4-1(10)2(5,6)3(7,8)9/h6-7,9-10,12-13,15-16,19H,2-5,8,11,14,17-18H2,1H3;/b7-6-,10-9-,13-12-,16-15-;. The highest BCUT2D eigenvalue weighted by molar-refractivity contribution is 6.87. The summed E-state index contributed by atoms with van der Waals surface area (Å²) in [4.78, 5) is 32.2. The number of hydrogen-bond acceptors (Lipinski definition) is 3. The molecule has 0 saturated heterocycles. The zero-order chi connectivity index (χ0) is 32.3. The van der Waals surface area contributed by atoms with E-state index in [0.29, 0.717) is 6.42 Å². The second-order valence-corrected chi connectivity index (χ2v) is 13.0. The van der Waals surface area contributed by atoms with Gasteiger partial charge in [0.25, 0.3) is 10.5 Å². The number of carbonyl (C=O) groups excluding carboxylic acids is 3. The van der Waals surface area contributed by atoms with Crippen molar-refractivity contribution in [3.05, 3.63) is 48.6 Å². The molecule has 0 N–H and O–H groups in total. The maximum Gasteiger partial charge on any atom is 0.382 e. The number of allylic oxidation sites excluding steroid dienone is 8. The molecule has 236 valence electrons. The molecule has 15 heteroatoms. The first-order valence-corrected chi connectivity index (χ1v) is 15.2. The maximum absolute atomic E-state index is 13.9. The number of halogens is 12. The molecule has 0 aliphatic carbocycles. The Balaban J connectivity index is 0. The van der Waals surface area contributed by atoms with Crippen molar-refractivity contribution in [3.8, 4) is 0 Å². The van der Waals surface area contributed by atoms with Crippen LogP contribution in [0.4, 0.5) is 17.6 Å². The molecular formula is C26H30Cl8F4O3. The topological polar surface area (TPSA) is 51.2 Å². The Hall–Kier alpha value is 0.0100. The third kappa shape index (κ3) is 17.2. The summed E-state index contributed by atoms with van der Waals surface area (Å²) in [6.07, 6.45) is 21.7. The average Bonchev–Trinajstić information content (AvgIpc) is 2.84. The van der Waals surface area contributed by atoms with Gasteiger partial charge < -0.3 is 0 Å². The molecule has 0 spiro atoms. The normalized spacial score (nSPS) is 14.2. The number of unbranched alkanes of at least 4 members (excludes halogenated alkanes) is 3. The molecule has 0 aliphatic heterocycles. The van der Waals surface area contributed by atoms with Gasteiger partial charge >= 0.3 is 11.8 Å². The summed E-state index contributed by atoms with van der Waals surface area (Å²) in [6.45, 7) is 2.17. The van der Waals surface area contributed by atoms with Gasteiger partial charge in [0.2, 0.25) is 13.4 Å². The largest absolute Gasteiger partial charge is 0.382 e. The van der Waals surface area contributed by atoms with Crippen molar-refractivity contribution in [2.45, 2.75) is 84.7 Å². The molecule has 3 nitrogen and oxygen atoms in total. The minimum atomic E-state index is -5.17. The Morgan fingerprint density at radius 3 is 1.39 bits per heavy atom. The summed E-state index contributed by atoms with van der Waals surface area (Å²) in [6, 6.07) is 0. The van der Waals surface area contributed by atoms with Gasteiger partial charge in [0, 0.05) is 0 Å². The van der Waals surface area contributed by atoms with Gasteiger partial charge in [0.05, 0.1) is 0 Å². The highest BCUT2D eigenvalue weighted by Crippen LogP contribution is 2.47. The van der Waals surface area contributed by atoms with Crippen LogP contribution in [0.3, 0.4) is 0 Å². The van der Waals surface area contributed by atoms with Crippen LogP contribution in [-0.2, 0) is 14.4 Å². The van der Waals surface area contributed by atoms with Crippen LogP contribution < -0.4 is 0 Å². The minimum Gasteiger partial charge on any atom is -0.281 e. The molecule has 0 saturated carbocycles. The van der Waals surface area contributed by atoms with Crippen LogP contribution in [0.1, 0.15) is 64.7 Å². The van der Waals surface area contributed by atoms with Crippen molar-refractivity contribution in [3.63, 3.8) is 0 Å². The molecule has 0 amide bonds. The van der Waals surface area contributed by atoms with Crippen molar-refractivity contribution in [2.24, 2.45) is 5.92 Å². The van der Waals surface area contributed by atoms with E-state index in [0.717, 1.165) is 19.3 Å². The van der Waals surface area contributed by atoms with Gasteiger partial charge in [-0.25, -0.2) is 0 Å². The van der Waals surface area contributed by atoms with Gasteiger partial charge in [-0.3, -0.25) is 14.4 Å². The third-order valence-electron chi connectivity index (χ3n) is 5.06. The summed E-state index contributed by atoms with van der Waals surface area (Å²) < 4.78 is 50.1. The average molecular weight is 750 g/mol. The van der Waals surface area contributed by atoms with E-state index < -0.39 is 48.0 Å². The fourth-order valence-corrected chi connectivity index (χ4v) is 3.64. The SMILES string of the molecule is CCCCC/C=C\C/C=C\C/C=C\C/C=C\CCC(C(=O)Cl)C(F)(F)C(F)(F)C(=O)Cl.O=C(Cl)C(Cl)(Cl)C(Cl)(Cl)Cl. The van der Waals surface area contributed by atoms with Crippen molar-refractivity contribution in [1.29, 1.82) is 0 Å². The lowest BCUT2D eigenvalue weighted by Gasteiger charge is -2.28. The lowest BCUT2D eigenvalue weighted by molar-refractivity contribution is -0.221. The molecule has 0 aliphatic rings. The zero-order valence-electron chi connectivity index (χ0n) is 21.8. The smallest absolute Gasteiger partial charge is 0.281 e. The number of rotatable bonds is 18.